The summed E-state index contributed by atoms with van der Waals surface area (Å²) < 4.78 is 7.24. The van der Waals surface area contributed by atoms with Crippen molar-refractivity contribution < 1.29 is 9.53 Å². The summed E-state index contributed by atoms with van der Waals surface area (Å²) in [5.74, 6) is 0.898. The van der Waals surface area contributed by atoms with E-state index in [2.05, 4.69) is 29.2 Å². The van der Waals surface area contributed by atoms with Crippen LogP contribution in [-0.2, 0) is 11.8 Å². The molecule has 6 nitrogen and oxygen atoms in total. The molecular formula is C16H24N4O2. The Bertz CT molecular complexity index is 676. The van der Waals surface area contributed by atoms with Gasteiger partial charge in [-0.1, -0.05) is 13.8 Å². The van der Waals surface area contributed by atoms with Crippen molar-refractivity contribution in [3.63, 3.8) is 0 Å². The molecule has 0 fully saturated rings. The number of hydrogen-bond acceptors (Lipinski definition) is 4. The molecule has 0 saturated carbocycles. The van der Waals surface area contributed by atoms with Crippen LogP contribution in [0.25, 0.3) is 11.0 Å². The van der Waals surface area contributed by atoms with E-state index in [1.54, 1.807) is 4.68 Å². The lowest BCUT2D eigenvalue weighted by Gasteiger charge is -2.09. The standard InChI is InChI=1S/C16H24N4O2/c1-10(2)6-7-17-13(21)9-22-14-8-11(3)15-12(4)19-20(5)16(15)18-14/h8,10H,6-7,9H2,1-5H3,(H,17,21). The Hall–Kier alpha value is -2.11. The first kappa shape index (κ1) is 16.3. The SMILES string of the molecule is Cc1cc(OCC(=O)NCCC(C)C)nc2c1c(C)nn2C. The quantitative estimate of drug-likeness (QED) is 0.887. The molecule has 120 valence electrons. The fourth-order valence-corrected chi connectivity index (χ4v) is 2.39. The average Bonchev–Trinajstić information content (AvgIpc) is 2.71. The fourth-order valence-electron chi connectivity index (χ4n) is 2.39. The molecule has 0 aromatic carbocycles. The van der Waals surface area contributed by atoms with Crippen LogP contribution in [0, 0.1) is 19.8 Å². The Morgan fingerprint density at radius 2 is 2.14 bits per heavy atom. The maximum atomic E-state index is 11.7. The van der Waals surface area contributed by atoms with Crippen molar-refractivity contribution in [2.45, 2.75) is 34.1 Å². The van der Waals surface area contributed by atoms with Crippen LogP contribution in [0.4, 0.5) is 0 Å². The molecule has 22 heavy (non-hydrogen) atoms. The second kappa shape index (κ2) is 6.77. The largest absolute Gasteiger partial charge is 0.468 e. The molecule has 0 bridgehead atoms. The van der Waals surface area contributed by atoms with Gasteiger partial charge in [-0.2, -0.15) is 10.1 Å². The van der Waals surface area contributed by atoms with E-state index in [-0.39, 0.29) is 12.5 Å². The summed E-state index contributed by atoms with van der Waals surface area (Å²) in [6.45, 7) is 8.86. The van der Waals surface area contributed by atoms with E-state index in [0.717, 1.165) is 28.7 Å². The van der Waals surface area contributed by atoms with E-state index < -0.39 is 0 Å². The highest BCUT2D eigenvalue weighted by atomic mass is 16.5. The minimum Gasteiger partial charge on any atom is -0.468 e. The number of hydrogen-bond donors (Lipinski definition) is 1. The third-order valence-electron chi connectivity index (χ3n) is 3.54. The topological polar surface area (TPSA) is 69.0 Å². The summed E-state index contributed by atoms with van der Waals surface area (Å²) in [6.07, 6.45) is 0.962. The lowest BCUT2D eigenvalue weighted by molar-refractivity contribution is -0.123. The lowest BCUT2D eigenvalue weighted by atomic mass is 10.1. The number of pyridine rings is 1. The van der Waals surface area contributed by atoms with Crippen LogP contribution in [-0.4, -0.2) is 33.8 Å². The molecule has 2 aromatic rings. The summed E-state index contributed by atoms with van der Waals surface area (Å²) in [7, 11) is 1.85. The number of fused-ring (bicyclic) bond motifs is 1. The van der Waals surface area contributed by atoms with Gasteiger partial charge in [-0.05, 0) is 31.7 Å². The second-order valence-corrected chi connectivity index (χ2v) is 6.01. The highest BCUT2D eigenvalue weighted by Crippen LogP contribution is 2.23. The highest BCUT2D eigenvalue weighted by Gasteiger charge is 2.12. The molecule has 0 spiro atoms. The number of nitrogens with zero attached hydrogens (tertiary/aromatic N) is 3. The van der Waals surface area contributed by atoms with Gasteiger partial charge in [0.15, 0.2) is 12.3 Å². The van der Waals surface area contributed by atoms with Crippen molar-refractivity contribution in [2.24, 2.45) is 13.0 Å². The summed E-state index contributed by atoms with van der Waals surface area (Å²) >= 11 is 0. The van der Waals surface area contributed by atoms with Gasteiger partial charge in [0.25, 0.3) is 5.91 Å². The molecule has 1 amide bonds. The Labute approximate surface area is 130 Å². The first-order valence-corrected chi connectivity index (χ1v) is 7.59. The molecule has 2 rings (SSSR count). The van der Waals surface area contributed by atoms with Gasteiger partial charge in [0.2, 0.25) is 5.88 Å². The van der Waals surface area contributed by atoms with Crippen molar-refractivity contribution in [1.29, 1.82) is 0 Å². The molecule has 0 saturated heterocycles. The number of rotatable bonds is 6. The number of aromatic nitrogens is 3. The van der Waals surface area contributed by atoms with Crippen LogP contribution in [0.2, 0.25) is 0 Å². The van der Waals surface area contributed by atoms with E-state index in [1.165, 1.54) is 0 Å². The minimum absolute atomic E-state index is 0.0210. The monoisotopic (exact) mass is 304 g/mol. The second-order valence-electron chi connectivity index (χ2n) is 6.01. The van der Waals surface area contributed by atoms with Crippen LogP contribution in [0.1, 0.15) is 31.5 Å². The normalized spacial score (nSPS) is 11.2. The van der Waals surface area contributed by atoms with Crippen molar-refractivity contribution >= 4 is 16.9 Å². The van der Waals surface area contributed by atoms with Gasteiger partial charge in [0.1, 0.15) is 0 Å². The van der Waals surface area contributed by atoms with E-state index in [1.807, 2.05) is 27.0 Å². The van der Waals surface area contributed by atoms with Gasteiger partial charge in [0, 0.05) is 25.0 Å². The Balaban J connectivity index is 2.00. The highest BCUT2D eigenvalue weighted by molar-refractivity contribution is 5.82. The zero-order valence-corrected chi connectivity index (χ0v) is 13.9. The molecule has 0 aliphatic rings. The predicted octanol–water partition coefficient (Wildman–Crippen LogP) is 2.13. The predicted molar refractivity (Wildman–Crippen MR) is 85.9 cm³/mol. The number of ether oxygens (including phenoxy) is 1. The molecule has 0 unspecified atom stereocenters. The molecule has 0 radical (unpaired) electrons. The zero-order chi connectivity index (χ0) is 16.3. The lowest BCUT2D eigenvalue weighted by Crippen LogP contribution is -2.30. The smallest absolute Gasteiger partial charge is 0.258 e. The third kappa shape index (κ3) is 3.75. The Kier molecular flexibility index (Phi) is 5.00. The molecule has 6 heteroatoms. The maximum Gasteiger partial charge on any atom is 0.258 e. The number of carbonyl (C=O) groups excluding carboxylic acids is 1. The van der Waals surface area contributed by atoms with Gasteiger partial charge in [-0.15, -0.1) is 0 Å². The zero-order valence-electron chi connectivity index (χ0n) is 13.9. The average molecular weight is 304 g/mol. The van der Waals surface area contributed by atoms with Crippen LogP contribution < -0.4 is 10.1 Å². The summed E-state index contributed by atoms with van der Waals surface area (Å²) in [4.78, 5) is 16.2. The molecular weight excluding hydrogens is 280 g/mol. The van der Waals surface area contributed by atoms with Crippen LogP contribution >= 0.6 is 0 Å². The number of nitrogens with one attached hydrogen (secondary N) is 1. The van der Waals surface area contributed by atoms with Crippen molar-refractivity contribution in [3.05, 3.63) is 17.3 Å². The molecule has 2 heterocycles. The minimum atomic E-state index is -0.124. The summed E-state index contributed by atoms with van der Waals surface area (Å²) in [6, 6.07) is 1.85. The van der Waals surface area contributed by atoms with Crippen LogP contribution in [0.3, 0.4) is 0 Å². The summed E-state index contributed by atoms with van der Waals surface area (Å²) in [5.41, 5.74) is 2.76. The van der Waals surface area contributed by atoms with Crippen LogP contribution in [0.5, 0.6) is 5.88 Å². The molecule has 0 aliphatic carbocycles. The maximum absolute atomic E-state index is 11.7. The van der Waals surface area contributed by atoms with E-state index >= 15 is 0 Å². The first-order chi connectivity index (χ1) is 10.4. The van der Waals surface area contributed by atoms with E-state index in [9.17, 15) is 4.79 Å². The number of aryl methyl sites for hydroxylation is 3. The first-order valence-electron chi connectivity index (χ1n) is 7.59. The van der Waals surface area contributed by atoms with Gasteiger partial charge in [-0.3, -0.25) is 9.48 Å². The third-order valence-corrected chi connectivity index (χ3v) is 3.54. The molecule has 0 atom stereocenters. The van der Waals surface area contributed by atoms with E-state index in [4.69, 9.17) is 4.74 Å². The molecule has 0 aliphatic heterocycles. The summed E-state index contributed by atoms with van der Waals surface area (Å²) in [5, 5.41) is 8.24. The number of amides is 1. The Morgan fingerprint density at radius 3 is 2.82 bits per heavy atom. The Morgan fingerprint density at radius 1 is 1.41 bits per heavy atom. The molecule has 1 N–H and O–H groups in total. The number of carbonyl (C=O) groups is 1. The van der Waals surface area contributed by atoms with Crippen molar-refractivity contribution in [1.82, 2.24) is 20.1 Å². The van der Waals surface area contributed by atoms with E-state index in [0.29, 0.717) is 18.3 Å². The van der Waals surface area contributed by atoms with Gasteiger partial charge >= 0.3 is 0 Å². The molecule has 2 aromatic heterocycles. The van der Waals surface area contributed by atoms with Crippen molar-refractivity contribution in [2.75, 3.05) is 13.2 Å². The fraction of sp³-hybridized carbons (Fsp3) is 0.562. The van der Waals surface area contributed by atoms with Gasteiger partial charge < -0.3 is 10.1 Å². The van der Waals surface area contributed by atoms with Crippen molar-refractivity contribution in [3.8, 4) is 5.88 Å². The van der Waals surface area contributed by atoms with Gasteiger partial charge in [-0.25, -0.2) is 0 Å². The van der Waals surface area contributed by atoms with Crippen LogP contribution in [0.15, 0.2) is 6.07 Å². The van der Waals surface area contributed by atoms with Gasteiger partial charge in [0.05, 0.1) is 5.69 Å².